The van der Waals surface area contributed by atoms with Crippen molar-refractivity contribution in [1.82, 2.24) is 5.32 Å². The van der Waals surface area contributed by atoms with Crippen molar-refractivity contribution in [3.63, 3.8) is 0 Å². The van der Waals surface area contributed by atoms with E-state index in [-0.39, 0.29) is 24.3 Å². The number of ether oxygens (including phenoxy) is 2. The Morgan fingerprint density at radius 1 is 0.686 bits per heavy atom. The van der Waals surface area contributed by atoms with Crippen LogP contribution in [0, 0.1) is 29.2 Å². The van der Waals surface area contributed by atoms with Crippen LogP contribution in [0.3, 0.4) is 0 Å². The first kappa shape index (κ1) is 25.0. The molecule has 0 amide bonds. The van der Waals surface area contributed by atoms with Crippen LogP contribution < -0.4 is 14.8 Å². The molecule has 0 bridgehead atoms. The Kier molecular flexibility index (Phi) is 8.64. The number of hydrogen-bond donors (Lipinski definition) is 1. The van der Waals surface area contributed by atoms with Crippen LogP contribution in [0.2, 0.25) is 0 Å². The van der Waals surface area contributed by atoms with E-state index >= 15 is 0 Å². The molecule has 0 aliphatic heterocycles. The van der Waals surface area contributed by atoms with E-state index in [1.54, 1.807) is 6.07 Å². The molecule has 3 nitrogen and oxygen atoms in total. The summed E-state index contributed by atoms with van der Waals surface area (Å²) < 4.78 is 66.0. The largest absolute Gasteiger partial charge is 0.489 e. The van der Waals surface area contributed by atoms with E-state index in [4.69, 9.17) is 9.47 Å². The zero-order chi connectivity index (χ0) is 24.6. The van der Waals surface area contributed by atoms with Crippen LogP contribution in [0.1, 0.15) is 48.8 Å². The Morgan fingerprint density at radius 2 is 1.23 bits per heavy atom. The van der Waals surface area contributed by atoms with Gasteiger partial charge in [-0.15, -0.1) is 0 Å². The van der Waals surface area contributed by atoms with E-state index < -0.39 is 23.3 Å². The highest BCUT2D eigenvalue weighted by molar-refractivity contribution is 5.39. The van der Waals surface area contributed by atoms with Crippen LogP contribution in [-0.4, -0.2) is 6.54 Å². The lowest BCUT2D eigenvalue weighted by atomic mass is 9.89. The fourth-order valence-electron chi connectivity index (χ4n) is 4.31. The number of benzene rings is 3. The molecule has 1 aliphatic carbocycles. The summed E-state index contributed by atoms with van der Waals surface area (Å²) in [5, 5.41) is 3.49. The third kappa shape index (κ3) is 7.46. The topological polar surface area (TPSA) is 30.5 Å². The van der Waals surface area contributed by atoms with Gasteiger partial charge in [-0.2, -0.15) is 0 Å². The van der Waals surface area contributed by atoms with Crippen LogP contribution >= 0.6 is 0 Å². The van der Waals surface area contributed by atoms with E-state index in [9.17, 15) is 17.6 Å². The molecule has 0 spiro atoms. The molecule has 0 unspecified atom stereocenters. The SMILES string of the molecule is Fc1ccc(COc2cc(CNCC3CCCCC3)cc(OCc3ccc(F)cc3F)c2)c(F)c1. The summed E-state index contributed by atoms with van der Waals surface area (Å²) in [5.41, 5.74) is 1.35. The van der Waals surface area contributed by atoms with Gasteiger partial charge >= 0.3 is 0 Å². The summed E-state index contributed by atoms with van der Waals surface area (Å²) in [6.07, 6.45) is 6.31. The minimum Gasteiger partial charge on any atom is -0.489 e. The fraction of sp³-hybridized carbons (Fsp3) is 0.357. The maximum atomic E-state index is 14.0. The molecule has 0 atom stereocenters. The summed E-state index contributed by atoms with van der Waals surface area (Å²) >= 11 is 0. The van der Waals surface area contributed by atoms with E-state index in [1.807, 2.05) is 12.1 Å². The molecule has 4 rings (SSSR count). The van der Waals surface area contributed by atoms with Gasteiger partial charge in [0.15, 0.2) is 0 Å². The Labute approximate surface area is 203 Å². The second kappa shape index (κ2) is 12.1. The van der Waals surface area contributed by atoms with Crippen LogP contribution in [0.25, 0.3) is 0 Å². The second-order valence-corrected chi connectivity index (χ2v) is 9.00. The van der Waals surface area contributed by atoms with Gasteiger partial charge in [-0.05, 0) is 67.3 Å². The van der Waals surface area contributed by atoms with Crippen molar-refractivity contribution < 1.29 is 27.0 Å². The lowest BCUT2D eigenvalue weighted by Gasteiger charge is -2.22. The maximum Gasteiger partial charge on any atom is 0.132 e. The highest BCUT2D eigenvalue weighted by Gasteiger charge is 2.13. The molecule has 35 heavy (non-hydrogen) atoms. The molecule has 3 aromatic carbocycles. The van der Waals surface area contributed by atoms with E-state index in [0.29, 0.717) is 24.0 Å². The minimum absolute atomic E-state index is 0.0862. The average molecular weight is 488 g/mol. The quantitative estimate of drug-likeness (QED) is 0.310. The maximum absolute atomic E-state index is 14.0. The summed E-state index contributed by atoms with van der Waals surface area (Å²) in [7, 11) is 0. The first-order valence-corrected chi connectivity index (χ1v) is 11.9. The van der Waals surface area contributed by atoms with Crippen molar-refractivity contribution in [2.24, 2.45) is 5.92 Å². The molecule has 3 aromatic rings. The van der Waals surface area contributed by atoms with Crippen molar-refractivity contribution in [3.05, 3.63) is 94.6 Å². The summed E-state index contributed by atoms with van der Waals surface area (Å²) in [5.74, 6) is -1.11. The zero-order valence-corrected chi connectivity index (χ0v) is 19.5. The van der Waals surface area contributed by atoms with Gasteiger partial charge in [0.05, 0.1) is 0 Å². The van der Waals surface area contributed by atoms with Crippen LogP contribution in [-0.2, 0) is 19.8 Å². The number of nitrogens with one attached hydrogen (secondary N) is 1. The molecular formula is C28H29F4NO2. The fourth-order valence-corrected chi connectivity index (χ4v) is 4.31. The third-order valence-electron chi connectivity index (χ3n) is 6.25. The van der Waals surface area contributed by atoms with E-state index in [0.717, 1.165) is 24.2 Å². The van der Waals surface area contributed by atoms with Gasteiger partial charge < -0.3 is 14.8 Å². The van der Waals surface area contributed by atoms with Crippen molar-refractivity contribution in [2.75, 3.05) is 6.54 Å². The van der Waals surface area contributed by atoms with Gasteiger partial charge in [0.25, 0.3) is 0 Å². The van der Waals surface area contributed by atoms with Crippen LogP contribution in [0.15, 0.2) is 54.6 Å². The monoisotopic (exact) mass is 487 g/mol. The predicted octanol–water partition coefficient (Wildman–Crippen LogP) is 7.07. The Bertz CT molecular complexity index is 1060. The highest BCUT2D eigenvalue weighted by Crippen LogP contribution is 2.27. The van der Waals surface area contributed by atoms with Crippen LogP contribution in [0.4, 0.5) is 17.6 Å². The van der Waals surface area contributed by atoms with Crippen molar-refractivity contribution in [3.8, 4) is 11.5 Å². The molecule has 0 aromatic heterocycles. The van der Waals surface area contributed by atoms with E-state index in [1.165, 1.54) is 56.4 Å². The molecule has 1 saturated carbocycles. The normalized spacial score (nSPS) is 14.2. The zero-order valence-electron chi connectivity index (χ0n) is 19.5. The molecule has 0 heterocycles. The van der Waals surface area contributed by atoms with Crippen LogP contribution in [0.5, 0.6) is 11.5 Å². The summed E-state index contributed by atoms with van der Waals surface area (Å²) in [4.78, 5) is 0. The van der Waals surface area contributed by atoms with Gasteiger partial charge in [-0.1, -0.05) is 19.3 Å². The number of halogens is 4. The lowest BCUT2D eigenvalue weighted by Crippen LogP contribution is -2.24. The molecule has 0 radical (unpaired) electrons. The van der Waals surface area contributed by atoms with Crippen molar-refractivity contribution in [2.45, 2.75) is 51.9 Å². The molecule has 7 heteroatoms. The summed E-state index contributed by atoms with van der Waals surface area (Å²) in [6.45, 7) is 1.33. The van der Waals surface area contributed by atoms with Gasteiger partial charge in [-0.25, -0.2) is 17.6 Å². The van der Waals surface area contributed by atoms with Gasteiger partial charge in [0.1, 0.15) is 48.0 Å². The molecule has 1 aliphatic rings. The minimum atomic E-state index is -0.682. The standard InChI is InChI=1S/C28H29F4NO2/c29-23-8-6-21(27(31)12-23)17-34-25-10-20(16-33-15-19-4-2-1-3-5-19)11-26(14-25)35-18-22-7-9-24(30)13-28(22)32/h6-14,19,33H,1-5,15-18H2. The lowest BCUT2D eigenvalue weighted by molar-refractivity contribution is 0.283. The number of rotatable bonds is 10. The van der Waals surface area contributed by atoms with E-state index in [2.05, 4.69) is 5.32 Å². The van der Waals surface area contributed by atoms with Gasteiger partial charge in [0.2, 0.25) is 0 Å². The van der Waals surface area contributed by atoms with Gasteiger partial charge in [-0.3, -0.25) is 0 Å². The predicted molar refractivity (Wildman–Crippen MR) is 126 cm³/mol. The first-order chi connectivity index (χ1) is 17.0. The third-order valence-corrected chi connectivity index (χ3v) is 6.25. The van der Waals surface area contributed by atoms with Crippen molar-refractivity contribution in [1.29, 1.82) is 0 Å². The molecular weight excluding hydrogens is 458 g/mol. The first-order valence-electron chi connectivity index (χ1n) is 11.9. The Morgan fingerprint density at radius 3 is 1.74 bits per heavy atom. The molecule has 1 N–H and O–H groups in total. The van der Waals surface area contributed by atoms with Crippen molar-refractivity contribution >= 4 is 0 Å². The molecule has 186 valence electrons. The second-order valence-electron chi connectivity index (χ2n) is 9.00. The Balaban J connectivity index is 1.45. The highest BCUT2D eigenvalue weighted by atomic mass is 19.1. The summed E-state index contributed by atoms with van der Waals surface area (Å²) in [6, 6.07) is 12.0. The number of hydrogen-bond acceptors (Lipinski definition) is 3. The Hall–Kier alpha value is -3.06. The van der Waals surface area contributed by atoms with Gasteiger partial charge in [0, 0.05) is 35.9 Å². The smallest absolute Gasteiger partial charge is 0.132 e. The molecule has 1 fully saturated rings. The molecule has 0 saturated heterocycles. The average Bonchev–Trinajstić information content (AvgIpc) is 2.84.